The normalized spacial score (nSPS) is 21.0. The Kier molecular flexibility index (Phi) is 4.69. The van der Waals surface area contributed by atoms with E-state index in [1.54, 1.807) is 0 Å². The summed E-state index contributed by atoms with van der Waals surface area (Å²) in [5, 5.41) is 10.4. The lowest BCUT2D eigenvalue weighted by Crippen LogP contribution is -2.20. The van der Waals surface area contributed by atoms with Crippen LogP contribution in [-0.4, -0.2) is 29.7 Å². The molecule has 1 aliphatic rings. The maximum absolute atomic E-state index is 8.93. The zero-order chi connectivity index (χ0) is 12.3. The van der Waals surface area contributed by atoms with E-state index in [2.05, 4.69) is 4.90 Å². The Morgan fingerprint density at radius 1 is 1.29 bits per heavy atom. The summed E-state index contributed by atoms with van der Waals surface area (Å²) in [5.41, 5.74) is 1.01. The van der Waals surface area contributed by atoms with Crippen molar-refractivity contribution in [1.29, 1.82) is 0 Å². The Labute approximate surface area is 112 Å². The van der Waals surface area contributed by atoms with Crippen molar-refractivity contribution in [2.45, 2.75) is 19.4 Å². The molecule has 0 amide bonds. The minimum Gasteiger partial charge on any atom is -0.396 e. The van der Waals surface area contributed by atoms with Crippen LogP contribution < -0.4 is 0 Å². The van der Waals surface area contributed by atoms with Gasteiger partial charge in [0.25, 0.3) is 0 Å². The van der Waals surface area contributed by atoms with Gasteiger partial charge in [0.05, 0.1) is 0 Å². The lowest BCUT2D eigenvalue weighted by Gasteiger charge is -2.17. The summed E-state index contributed by atoms with van der Waals surface area (Å²) in [6.07, 6.45) is 2.05. The predicted molar refractivity (Wildman–Crippen MR) is 71.5 cm³/mol. The van der Waals surface area contributed by atoms with E-state index in [1.165, 1.54) is 0 Å². The molecule has 94 valence electrons. The second-order valence-electron chi connectivity index (χ2n) is 4.60. The van der Waals surface area contributed by atoms with Crippen molar-refractivity contribution in [3.05, 3.63) is 33.8 Å². The van der Waals surface area contributed by atoms with Crippen LogP contribution in [0.4, 0.5) is 0 Å². The second-order valence-corrected chi connectivity index (χ2v) is 5.42. The zero-order valence-electron chi connectivity index (χ0n) is 9.70. The Bertz CT molecular complexity index is 363. The van der Waals surface area contributed by atoms with Crippen molar-refractivity contribution in [1.82, 2.24) is 4.90 Å². The number of likely N-dealkylation sites (tertiary alicyclic amines) is 1. The highest BCUT2D eigenvalue weighted by atomic mass is 35.5. The largest absolute Gasteiger partial charge is 0.396 e. The number of aliphatic hydroxyl groups is 1. The molecule has 17 heavy (non-hydrogen) atoms. The third-order valence-corrected chi connectivity index (χ3v) is 4.06. The van der Waals surface area contributed by atoms with Crippen LogP contribution >= 0.6 is 23.2 Å². The standard InChI is InChI=1S/C13H17Cl2NO/c14-12-2-1-3-13(15)11(12)9-16-6-4-10(8-16)5-7-17/h1-3,10,17H,4-9H2. The smallest absolute Gasteiger partial charge is 0.0465 e. The highest BCUT2D eigenvalue weighted by Crippen LogP contribution is 2.28. The average Bonchev–Trinajstić information content (AvgIpc) is 2.72. The number of hydrogen-bond donors (Lipinski definition) is 1. The van der Waals surface area contributed by atoms with Crippen LogP contribution in [0.1, 0.15) is 18.4 Å². The molecule has 0 saturated carbocycles. The van der Waals surface area contributed by atoms with E-state index in [1.807, 2.05) is 18.2 Å². The van der Waals surface area contributed by atoms with Crippen molar-refractivity contribution in [3.63, 3.8) is 0 Å². The summed E-state index contributed by atoms with van der Waals surface area (Å²) < 4.78 is 0. The third-order valence-electron chi connectivity index (χ3n) is 3.35. The molecule has 0 aromatic heterocycles. The van der Waals surface area contributed by atoms with Gasteiger partial charge in [-0.1, -0.05) is 29.3 Å². The van der Waals surface area contributed by atoms with Gasteiger partial charge in [-0.25, -0.2) is 0 Å². The van der Waals surface area contributed by atoms with Gasteiger partial charge in [-0.15, -0.1) is 0 Å². The van der Waals surface area contributed by atoms with Crippen LogP contribution in [0.3, 0.4) is 0 Å². The summed E-state index contributed by atoms with van der Waals surface area (Å²) in [5.74, 6) is 0.612. The molecule has 1 atom stereocenters. The summed E-state index contributed by atoms with van der Waals surface area (Å²) in [4.78, 5) is 2.35. The minimum atomic E-state index is 0.283. The van der Waals surface area contributed by atoms with Crippen LogP contribution in [0.5, 0.6) is 0 Å². The van der Waals surface area contributed by atoms with Gasteiger partial charge in [-0.3, -0.25) is 4.90 Å². The fraction of sp³-hybridized carbons (Fsp3) is 0.538. The Balaban J connectivity index is 1.98. The van der Waals surface area contributed by atoms with Crippen molar-refractivity contribution in [3.8, 4) is 0 Å². The van der Waals surface area contributed by atoms with E-state index in [9.17, 15) is 0 Å². The summed E-state index contributed by atoms with van der Waals surface area (Å²) in [6.45, 7) is 3.18. The van der Waals surface area contributed by atoms with E-state index in [0.29, 0.717) is 5.92 Å². The fourth-order valence-corrected chi connectivity index (χ4v) is 2.90. The minimum absolute atomic E-state index is 0.283. The third kappa shape index (κ3) is 3.35. The lowest BCUT2D eigenvalue weighted by atomic mass is 10.1. The molecule has 0 spiro atoms. The monoisotopic (exact) mass is 273 g/mol. The van der Waals surface area contributed by atoms with Gasteiger partial charge >= 0.3 is 0 Å². The maximum atomic E-state index is 8.93. The topological polar surface area (TPSA) is 23.5 Å². The first-order valence-electron chi connectivity index (χ1n) is 5.97. The molecule has 0 aliphatic carbocycles. The summed E-state index contributed by atoms with van der Waals surface area (Å²) >= 11 is 12.3. The molecule has 1 aliphatic heterocycles. The van der Waals surface area contributed by atoms with Gasteiger partial charge in [-0.05, 0) is 37.4 Å². The van der Waals surface area contributed by atoms with Crippen molar-refractivity contribution in [2.75, 3.05) is 19.7 Å². The van der Waals surface area contributed by atoms with Gasteiger partial charge in [0.2, 0.25) is 0 Å². The molecule has 1 aromatic rings. The van der Waals surface area contributed by atoms with Gasteiger partial charge in [0.1, 0.15) is 0 Å². The molecule has 1 fully saturated rings. The summed E-state index contributed by atoms with van der Waals surface area (Å²) in [7, 11) is 0. The molecule has 4 heteroatoms. The first-order chi connectivity index (χ1) is 8.20. The molecule has 1 heterocycles. The number of halogens is 2. The molecule has 1 aromatic carbocycles. The quantitative estimate of drug-likeness (QED) is 0.911. The van der Waals surface area contributed by atoms with Gasteiger partial charge < -0.3 is 5.11 Å². The molecule has 2 nitrogen and oxygen atoms in total. The highest BCUT2D eigenvalue weighted by molar-refractivity contribution is 6.35. The maximum Gasteiger partial charge on any atom is 0.0465 e. The zero-order valence-corrected chi connectivity index (χ0v) is 11.2. The van der Waals surface area contributed by atoms with Crippen LogP contribution in [0.2, 0.25) is 10.0 Å². The number of hydrogen-bond acceptors (Lipinski definition) is 2. The van der Waals surface area contributed by atoms with Crippen LogP contribution in [0.15, 0.2) is 18.2 Å². The number of aliphatic hydroxyl groups excluding tert-OH is 1. The van der Waals surface area contributed by atoms with E-state index in [4.69, 9.17) is 28.3 Å². The molecule has 1 unspecified atom stereocenters. The van der Waals surface area contributed by atoms with Crippen molar-refractivity contribution < 1.29 is 5.11 Å². The van der Waals surface area contributed by atoms with Gasteiger partial charge in [-0.2, -0.15) is 0 Å². The van der Waals surface area contributed by atoms with Gasteiger partial charge in [0.15, 0.2) is 0 Å². The predicted octanol–water partition coefficient (Wildman–Crippen LogP) is 3.20. The second kappa shape index (κ2) is 6.05. The number of nitrogens with zero attached hydrogens (tertiary/aromatic N) is 1. The van der Waals surface area contributed by atoms with E-state index >= 15 is 0 Å². The van der Waals surface area contributed by atoms with Crippen molar-refractivity contribution >= 4 is 23.2 Å². The Morgan fingerprint density at radius 3 is 2.65 bits per heavy atom. The molecule has 0 bridgehead atoms. The molecule has 2 rings (SSSR count). The van der Waals surface area contributed by atoms with E-state index in [0.717, 1.165) is 48.1 Å². The van der Waals surface area contributed by atoms with E-state index in [-0.39, 0.29) is 6.61 Å². The highest BCUT2D eigenvalue weighted by Gasteiger charge is 2.23. The summed E-state index contributed by atoms with van der Waals surface area (Å²) in [6, 6.07) is 5.63. The lowest BCUT2D eigenvalue weighted by molar-refractivity contribution is 0.249. The SMILES string of the molecule is OCCC1CCN(Cc2c(Cl)cccc2Cl)C1. The Hall–Kier alpha value is -0.280. The first kappa shape index (κ1) is 13.2. The van der Waals surface area contributed by atoms with Gasteiger partial charge in [0, 0.05) is 35.3 Å². The average molecular weight is 274 g/mol. The fourth-order valence-electron chi connectivity index (χ4n) is 2.38. The van der Waals surface area contributed by atoms with Crippen LogP contribution in [0, 0.1) is 5.92 Å². The molecule has 1 saturated heterocycles. The number of benzene rings is 1. The Morgan fingerprint density at radius 2 is 2.00 bits per heavy atom. The van der Waals surface area contributed by atoms with Crippen LogP contribution in [-0.2, 0) is 6.54 Å². The molecular weight excluding hydrogens is 257 g/mol. The van der Waals surface area contributed by atoms with E-state index < -0.39 is 0 Å². The number of rotatable bonds is 4. The van der Waals surface area contributed by atoms with Crippen molar-refractivity contribution in [2.24, 2.45) is 5.92 Å². The molecule has 0 radical (unpaired) electrons. The first-order valence-corrected chi connectivity index (χ1v) is 6.72. The molecular formula is C13H17Cl2NO. The van der Waals surface area contributed by atoms with Crippen LogP contribution in [0.25, 0.3) is 0 Å². The molecule has 1 N–H and O–H groups in total.